The molecule has 1 aliphatic rings. The zero-order valence-electron chi connectivity index (χ0n) is 17.2. The van der Waals surface area contributed by atoms with Crippen LogP contribution in [0.2, 0.25) is 5.15 Å². The van der Waals surface area contributed by atoms with E-state index >= 15 is 0 Å². The fourth-order valence-electron chi connectivity index (χ4n) is 4.12. The number of rotatable bonds is 4. The lowest BCUT2D eigenvalue weighted by atomic mass is 9.90. The van der Waals surface area contributed by atoms with Crippen LogP contribution in [-0.2, 0) is 18.8 Å². The highest BCUT2D eigenvalue weighted by atomic mass is 35.5. The van der Waals surface area contributed by atoms with E-state index in [4.69, 9.17) is 16.3 Å². The molecule has 1 fully saturated rings. The van der Waals surface area contributed by atoms with Gasteiger partial charge in [-0.25, -0.2) is 9.78 Å². The van der Waals surface area contributed by atoms with Gasteiger partial charge in [-0.1, -0.05) is 11.6 Å². The predicted octanol–water partition coefficient (Wildman–Crippen LogP) is 3.63. The van der Waals surface area contributed by atoms with Gasteiger partial charge in [-0.15, -0.1) is 0 Å². The maximum Gasteiger partial charge on any atom is 0.328 e. The molecule has 0 unspecified atom stereocenters. The fourth-order valence-corrected chi connectivity index (χ4v) is 4.27. The minimum atomic E-state index is -0.0207. The molecule has 4 rings (SSSR count). The van der Waals surface area contributed by atoms with Crippen LogP contribution in [0.4, 0.5) is 17.1 Å². The number of nitrogens with one attached hydrogen (secondary N) is 1. The van der Waals surface area contributed by atoms with Crippen molar-refractivity contribution in [2.24, 2.45) is 14.1 Å². The Morgan fingerprint density at radius 1 is 1.17 bits per heavy atom. The Hall–Kier alpha value is -2.51. The first-order chi connectivity index (χ1) is 13.9. The summed E-state index contributed by atoms with van der Waals surface area (Å²) in [5.41, 5.74) is 5.80. The van der Waals surface area contributed by atoms with E-state index in [-0.39, 0.29) is 5.69 Å². The average molecular weight is 416 g/mol. The van der Waals surface area contributed by atoms with Crippen molar-refractivity contribution in [3.05, 3.63) is 45.6 Å². The lowest BCUT2D eigenvalue weighted by Crippen LogP contribution is -2.20. The van der Waals surface area contributed by atoms with Gasteiger partial charge in [-0.05, 0) is 36.5 Å². The highest BCUT2D eigenvalue weighted by Gasteiger charge is 2.23. The predicted molar refractivity (Wildman–Crippen MR) is 118 cm³/mol. The molecule has 0 amide bonds. The molecular weight excluding hydrogens is 390 g/mol. The van der Waals surface area contributed by atoms with Crippen LogP contribution < -0.4 is 15.9 Å². The highest BCUT2D eigenvalue weighted by molar-refractivity contribution is 6.29. The summed E-state index contributed by atoms with van der Waals surface area (Å²) in [6, 6.07) is 6.01. The quantitative estimate of drug-likeness (QED) is 0.659. The van der Waals surface area contributed by atoms with Gasteiger partial charge in [0, 0.05) is 53.2 Å². The van der Waals surface area contributed by atoms with Crippen molar-refractivity contribution in [3.8, 4) is 0 Å². The number of anilines is 3. The number of aromatic nitrogens is 3. The number of hydrogen-bond acceptors (Lipinski definition) is 5. The molecular formula is C21H26ClN5O2. The van der Waals surface area contributed by atoms with Crippen molar-refractivity contribution >= 4 is 39.7 Å². The SMILES string of the molecule is CN(C)c1cc(Cl)ncc1Nc1cc(C2CCOCC2)c2c(c1)n(C)c(=O)n2C. The summed E-state index contributed by atoms with van der Waals surface area (Å²) < 4.78 is 9.01. The molecule has 0 spiro atoms. The van der Waals surface area contributed by atoms with Crippen molar-refractivity contribution in [1.82, 2.24) is 14.1 Å². The summed E-state index contributed by atoms with van der Waals surface area (Å²) >= 11 is 6.09. The van der Waals surface area contributed by atoms with E-state index in [0.717, 1.165) is 54.2 Å². The van der Waals surface area contributed by atoms with Gasteiger partial charge < -0.3 is 15.0 Å². The molecule has 3 heterocycles. The average Bonchev–Trinajstić information content (AvgIpc) is 2.93. The van der Waals surface area contributed by atoms with Crippen molar-refractivity contribution in [1.29, 1.82) is 0 Å². The first-order valence-corrected chi connectivity index (χ1v) is 10.1. The second-order valence-electron chi connectivity index (χ2n) is 7.76. The van der Waals surface area contributed by atoms with Crippen LogP contribution in [0.25, 0.3) is 11.0 Å². The number of fused-ring (bicyclic) bond motifs is 1. The second kappa shape index (κ2) is 7.72. The van der Waals surface area contributed by atoms with Gasteiger partial charge in [0.1, 0.15) is 5.15 Å². The molecule has 0 aliphatic carbocycles. The minimum absolute atomic E-state index is 0.0207. The van der Waals surface area contributed by atoms with Crippen molar-refractivity contribution in [2.75, 3.05) is 37.5 Å². The van der Waals surface area contributed by atoms with Gasteiger partial charge in [0.15, 0.2) is 0 Å². The van der Waals surface area contributed by atoms with Crippen LogP contribution in [0.15, 0.2) is 29.2 Å². The largest absolute Gasteiger partial charge is 0.381 e. The van der Waals surface area contributed by atoms with Gasteiger partial charge in [-0.3, -0.25) is 9.13 Å². The molecule has 3 aromatic rings. The van der Waals surface area contributed by atoms with E-state index in [1.807, 2.05) is 45.2 Å². The second-order valence-corrected chi connectivity index (χ2v) is 8.15. The summed E-state index contributed by atoms with van der Waals surface area (Å²) in [6.07, 6.45) is 3.64. The molecule has 0 bridgehead atoms. The fraction of sp³-hybridized carbons (Fsp3) is 0.429. The number of ether oxygens (including phenoxy) is 1. The Morgan fingerprint density at radius 3 is 2.59 bits per heavy atom. The van der Waals surface area contributed by atoms with Crippen LogP contribution in [0, 0.1) is 0 Å². The van der Waals surface area contributed by atoms with Crippen LogP contribution in [0.5, 0.6) is 0 Å². The number of nitrogens with zero attached hydrogens (tertiary/aromatic N) is 4. The molecule has 1 saturated heterocycles. The Kier molecular flexibility index (Phi) is 5.27. The molecule has 0 radical (unpaired) electrons. The van der Waals surface area contributed by atoms with Crippen molar-refractivity contribution in [2.45, 2.75) is 18.8 Å². The maximum absolute atomic E-state index is 12.6. The molecule has 1 aliphatic heterocycles. The van der Waals surface area contributed by atoms with Gasteiger partial charge in [0.25, 0.3) is 0 Å². The first kappa shape index (κ1) is 19.8. The van der Waals surface area contributed by atoms with Gasteiger partial charge in [0.2, 0.25) is 0 Å². The van der Waals surface area contributed by atoms with E-state index < -0.39 is 0 Å². The Bertz CT molecular complexity index is 1110. The van der Waals surface area contributed by atoms with Gasteiger partial charge in [-0.2, -0.15) is 0 Å². The van der Waals surface area contributed by atoms with Crippen molar-refractivity contribution < 1.29 is 4.74 Å². The Balaban J connectivity index is 1.86. The van der Waals surface area contributed by atoms with Crippen molar-refractivity contribution in [3.63, 3.8) is 0 Å². The summed E-state index contributed by atoms with van der Waals surface area (Å²) in [4.78, 5) is 18.8. The highest BCUT2D eigenvalue weighted by Crippen LogP contribution is 2.36. The molecule has 1 N–H and O–H groups in total. The lowest BCUT2D eigenvalue weighted by molar-refractivity contribution is 0.0855. The Labute approximate surface area is 174 Å². The number of imidazole rings is 1. The van der Waals surface area contributed by atoms with E-state index in [1.165, 1.54) is 5.56 Å². The standard InChI is InChI=1S/C21H26ClN5O2/c1-25(2)17-11-19(22)23-12-16(17)24-14-9-15(13-5-7-29-8-6-13)20-18(10-14)26(3)21(28)27(20)4/h9-13,24H,5-8H2,1-4H3. The zero-order valence-corrected chi connectivity index (χ0v) is 18.0. The topological polar surface area (TPSA) is 64.3 Å². The smallest absolute Gasteiger partial charge is 0.328 e. The minimum Gasteiger partial charge on any atom is -0.381 e. The maximum atomic E-state index is 12.6. The molecule has 29 heavy (non-hydrogen) atoms. The number of halogens is 1. The first-order valence-electron chi connectivity index (χ1n) is 9.74. The molecule has 7 nitrogen and oxygen atoms in total. The van der Waals surface area contributed by atoms with Gasteiger partial charge >= 0.3 is 5.69 Å². The van der Waals surface area contributed by atoms with Crippen LogP contribution >= 0.6 is 11.6 Å². The normalized spacial score (nSPS) is 15.1. The lowest BCUT2D eigenvalue weighted by Gasteiger charge is -2.24. The number of aryl methyl sites for hydroxylation is 2. The molecule has 8 heteroatoms. The Morgan fingerprint density at radius 2 is 1.90 bits per heavy atom. The van der Waals surface area contributed by atoms with E-state index in [0.29, 0.717) is 11.1 Å². The number of pyridine rings is 1. The molecule has 0 saturated carbocycles. The van der Waals surface area contributed by atoms with E-state index in [2.05, 4.69) is 16.4 Å². The summed E-state index contributed by atoms with van der Waals surface area (Å²) in [5, 5.41) is 3.94. The molecule has 0 atom stereocenters. The third kappa shape index (κ3) is 3.60. The van der Waals surface area contributed by atoms with E-state index in [1.54, 1.807) is 15.3 Å². The number of hydrogen-bond donors (Lipinski definition) is 1. The zero-order chi connectivity index (χ0) is 20.7. The van der Waals surface area contributed by atoms with Crippen LogP contribution in [0.3, 0.4) is 0 Å². The molecule has 1 aromatic carbocycles. The monoisotopic (exact) mass is 415 g/mol. The third-order valence-electron chi connectivity index (χ3n) is 5.66. The summed E-state index contributed by atoms with van der Waals surface area (Å²) in [5.74, 6) is 0.359. The third-order valence-corrected chi connectivity index (χ3v) is 5.87. The molecule has 154 valence electrons. The van der Waals surface area contributed by atoms with Crippen LogP contribution in [-0.4, -0.2) is 41.4 Å². The number of benzene rings is 1. The van der Waals surface area contributed by atoms with E-state index in [9.17, 15) is 4.79 Å². The summed E-state index contributed by atoms with van der Waals surface area (Å²) in [7, 11) is 7.59. The summed E-state index contributed by atoms with van der Waals surface area (Å²) in [6.45, 7) is 1.49. The van der Waals surface area contributed by atoms with Gasteiger partial charge in [0.05, 0.1) is 28.6 Å². The van der Waals surface area contributed by atoms with Crippen LogP contribution in [0.1, 0.15) is 24.3 Å². The molecule has 2 aromatic heterocycles.